The zero-order valence-electron chi connectivity index (χ0n) is 13.3. The first-order chi connectivity index (χ1) is 10.1. The Kier molecular flexibility index (Phi) is 4.44. The lowest BCUT2D eigenvalue weighted by atomic mass is 9.98. The summed E-state index contributed by atoms with van der Waals surface area (Å²) in [6.07, 6.45) is 1.79. The van der Waals surface area contributed by atoms with Gasteiger partial charge in [0.1, 0.15) is 0 Å². The zero-order chi connectivity index (χ0) is 16.5. The number of hydrogen-bond acceptors (Lipinski definition) is 5. The van der Waals surface area contributed by atoms with Gasteiger partial charge in [0.2, 0.25) is 15.9 Å². The summed E-state index contributed by atoms with van der Waals surface area (Å²) >= 11 is 0. The van der Waals surface area contributed by atoms with E-state index in [1.54, 1.807) is 30.6 Å². The van der Waals surface area contributed by atoms with Crippen molar-refractivity contribution < 1.29 is 13.2 Å². The van der Waals surface area contributed by atoms with Crippen molar-refractivity contribution in [2.75, 3.05) is 12.4 Å². The lowest BCUT2D eigenvalue weighted by Crippen LogP contribution is -2.33. The smallest absolute Gasteiger partial charge is 0.231 e. The maximum atomic E-state index is 11.2. The first kappa shape index (κ1) is 16.7. The molecule has 0 aliphatic heterocycles. The van der Waals surface area contributed by atoms with Gasteiger partial charge in [-0.1, -0.05) is 27.7 Å². The first-order valence-electron chi connectivity index (χ1n) is 7.05. The third-order valence-corrected chi connectivity index (χ3v) is 4.34. The van der Waals surface area contributed by atoms with Crippen molar-refractivity contribution in [2.24, 2.45) is 10.6 Å². The number of fused-ring (bicyclic) bond motifs is 1. The van der Waals surface area contributed by atoms with Gasteiger partial charge in [-0.15, -0.1) is 5.10 Å². The standard InChI is InChI=1S/C14H22N4O3S/c1-10(2)11-7-16-12-5-6-13(17-18(11)12)21-8-14(3,4)9-22(15,19)20/h5-7,10H,8-9H2,1-4H3,(H2,15,19,20). The van der Waals surface area contributed by atoms with E-state index in [2.05, 4.69) is 23.9 Å². The van der Waals surface area contributed by atoms with Gasteiger partial charge in [0.05, 0.1) is 24.3 Å². The minimum Gasteiger partial charge on any atom is -0.476 e. The van der Waals surface area contributed by atoms with Gasteiger partial charge < -0.3 is 4.74 Å². The second-order valence-electron chi connectivity index (χ2n) is 6.54. The highest BCUT2D eigenvalue weighted by atomic mass is 32.2. The van der Waals surface area contributed by atoms with E-state index in [0.29, 0.717) is 5.88 Å². The van der Waals surface area contributed by atoms with Gasteiger partial charge in [0.15, 0.2) is 5.65 Å². The van der Waals surface area contributed by atoms with Gasteiger partial charge in [0, 0.05) is 11.5 Å². The minimum absolute atomic E-state index is 0.148. The Bertz CT molecular complexity index is 765. The van der Waals surface area contributed by atoms with Crippen LogP contribution in [0.4, 0.5) is 0 Å². The number of imidazole rings is 1. The molecule has 0 unspecified atom stereocenters. The SMILES string of the molecule is CC(C)c1cnc2ccc(OCC(C)(C)CS(N)(=O)=O)nn12. The molecular weight excluding hydrogens is 304 g/mol. The van der Waals surface area contributed by atoms with Crippen LogP contribution in [0.3, 0.4) is 0 Å². The van der Waals surface area contributed by atoms with Gasteiger partial charge >= 0.3 is 0 Å². The van der Waals surface area contributed by atoms with Crippen LogP contribution in [0.5, 0.6) is 5.88 Å². The molecule has 8 heteroatoms. The summed E-state index contributed by atoms with van der Waals surface area (Å²) in [4.78, 5) is 4.29. The topological polar surface area (TPSA) is 99.6 Å². The van der Waals surface area contributed by atoms with E-state index in [1.165, 1.54) is 0 Å². The Morgan fingerprint density at radius 2 is 2.05 bits per heavy atom. The second kappa shape index (κ2) is 5.85. The Balaban J connectivity index is 2.16. The summed E-state index contributed by atoms with van der Waals surface area (Å²) < 4.78 is 29.8. The molecule has 0 aromatic carbocycles. The van der Waals surface area contributed by atoms with Gasteiger partial charge in [-0.25, -0.2) is 23.1 Å². The minimum atomic E-state index is -3.55. The van der Waals surface area contributed by atoms with Crippen molar-refractivity contribution in [1.29, 1.82) is 0 Å². The van der Waals surface area contributed by atoms with Gasteiger partial charge in [-0.3, -0.25) is 0 Å². The van der Waals surface area contributed by atoms with Crippen LogP contribution in [0, 0.1) is 5.41 Å². The highest BCUT2D eigenvalue weighted by Crippen LogP contribution is 2.21. The molecule has 2 aromatic heterocycles. The summed E-state index contributed by atoms with van der Waals surface area (Å²) in [5.74, 6) is 0.566. The van der Waals surface area contributed by atoms with Crippen LogP contribution in [0.1, 0.15) is 39.3 Å². The van der Waals surface area contributed by atoms with Crippen LogP contribution < -0.4 is 9.88 Å². The number of aromatic nitrogens is 3. The van der Waals surface area contributed by atoms with Crippen molar-refractivity contribution in [3.63, 3.8) is 0 Å². The summed E-state index contributed by atoms with van der Waals surface area (Å²) in [7, 11) is -3.55. The predicted molar refractivity (Wildman–Crippen MR) is 84.3 cm³/mol. The first-order valence-corrected chi connectivity index (χ1v) is 8.77. The van der Waals surface area contributed by atoms with Crippen molar-refractivity contribution >= 4 is 15.7 Å². The molecular formula is C14H22N4O3S. The summed E-state index contributed by atoms with van der Waals surface area (Å²) in [6, 6.07) is 3.54. The maximum Gasteiger partial charge on any atom is 0.231 e. The third kappa shape index (κ3) is 4.17. The largest absolute Gasteiger partial charge is 0.476 e. The predicted octanol–water partition coefficient (Wildman–Crippen LogP) is 1.55. The molecule has 22 heavy (non-hydrogen) atoms. The molecule has 7 nitrogen and oxygen atoms in total. The van der Waals surface area contributed by atoms with Crippen molar-refractivity contribution in [2.45, 2.75) is 33.6 Å². The Morgan fingerprint density at radius 3 is 2.64 bits per heavy atom. The van der Waals surface area contributed by atoms with Crippen molar-refractivity contribution in [1.82, 2.24) is 14.6 Å². The lowest BCUT2D eigenvalue weighted by Gasteiger charge is -2.22. The summed E-state index contributed by atoms with van der Waals surface area (Å²) in [6.45, 7) is 7.90. The average molecular weight is 326 g/mol. The Labute approximate surface area is 130 Å². The number of sulfonamides is 1. The van der Waals surface area contributed by atoms with Crippen LogP contribution in [0.25, 0.3) is 5.65 Å². The van der Waals surface area contributed by atoms with Gasteiger partial charge in [-0.05, 0) is 12.0 Å². The van der Waals surface area contributed by atoms with E-state index >= 15 is 0 Å². The molecule has 0 atom stereocenters. The zero-order valence-corrected chi connectivity index (χ0v) is 14.1. The van der Waals surface area contributed by atoms with E-state index in [9.17, 15) is 8.42 Å². The molecule has 2 aromatic rings. The Hall–Kier alpha value is -1.67. The van der Waals surface area contributed by atoms with E-state index < -0.39 is 15.4 Å². The van der Waals surface area contributed by atoms with Crippen LogP contribution in [-0.4, -0.2) is 35.4 Å². The summed E-state index contributed by atoms with van der Waals surface area (Å²) in [5, 5.41) is 9.50. The Morgan fingerprint density at radius 1 is 1.36 bits per heavy atom. The fourth-order valence-corrected chi connectivity index (χ4v) is 3.37. The van der Waals surface area contributed by atoms with Crippen molar-refractivity contribution in [3.05, 3.63) is 24.0 Å². The maximum absolute atomic E-state index is 11.2. The van der Waals surface area contributed by atoms with Crippen molar-refractivity contribution in [3.8, 4) is 5.88 Å². The molecule has 0 bridgehead atoms. The molecule has 2 rings (SSSR count). The van der Waals surface area contributed by atoms with E-state index in [0.717, 1.165) is 11.3 Å². The molecule has 0 saturated carbocycles. The molecule has 2 N–H and O–H groups in total. The monoisotopic (exact) mass is 326 g/mol. The van der Waals surface area contributed by atoms with Crippen LogP contribution >= 0.6 is 0 Å². The van der Waals surface area contributed by atoms with Crippen LogP contribution in [-0.2, 0) is 10.0 Å². The molecule has 122 valence electrons. The second-order valence-corrected chi connectivity index (χ2v) is 8.15. The van der Waals surface area contributed by atoms with E-state index in [-0.39, 0.29) is 18.3 Å². The molecule has 0 spiro atoms. The molecule has 0 fully saturated rings. The number of ether oxygens (including phenoxy) is 1. The molecule has 0 aliphatic carbocycles. The fraction of sp³-hybridized carbons (Fsp3) is 0.571. The highest BCUT2D eigenvalue weighted by molar-refractivity contribution is 7.89. The molecule has 0 amide bonds. The van der Waals surface area contributed by atoms with Gasteiger partial charge in [0.25, 0.3) is 0 Å². The highest BCUT2D eigenvalue weighted by Gasteiger charge is 2.25. The van der Waals surface area contributed by atoms with Crippen LogP contribution in [0.2, 0.25) is 0 Å². The quantitative estimate of drug-likeness (QED) is 0.868. The molecule has 0 saturated heterocycles. The van der Waals surface area contributed by atoms with E-state index in [4.69, 9.17) is 9.88 Å². The number of nitrogens with two attached hydrogens (primary N) is 1. The van der Waals surface area contributed by atoms with Gasteiger partial charge in [-0.2, -0.15) is 0 Å². The molecule has 0 aliphatic rings. The normalized spacial score (nSPS) is 13.0. The fourth-order valence-electron chi connectivity index (χ4n) is 2.20. The lowest BCUT2D eigenvalue weighted by molar-refractivity contribution is 0.191. The summed E-state index contributed by atoms with van der Waals surface area (Å²) in [5.41, 5.74) is 1.14. The molecule has 2 heterocycles. The molecule has 0 radical (unpaired) electrons. The third-order valence-electron chi connectivity index (χ3n) is 3.16. The van der Waals surface area contributed by atoms with Crippen LogP contribution in [0.15, 0.2) is 18.3 Å². The number of rotatable bonds is 6. The number of hydrogen-bond donors (Lipinski definition) is 1. The number of primary sulfonamides is 1. The van der Waals surface area contributed by atoms with E-state index in [1.807, 2.05) is 6.07 Å². The average Bonchev–Trinajstić information content (AvgIpc) is 2.76. The number of nitrogens with zero attached hydrogens (tertiary/aromatic N) is 3.